The monoisotopic (exact) mass is 346 g/mol. The standard InChI is InChI=1S/C17H22N4O2S/c1-20-15(10-11-18-20)16-5-3-4-12-21(16)17(22)19-13-6-8-14(9-7-13)24(2)23/h6-11,16H,3-5,12H2,1-2H3,(H,19,22). The highest BCUT2D eigenvalue weighted by Crippen LogP contribution is 2.31. The normalized spacial score (nSPS) is 19.1. The van der Waals surface area contributed by atoms with E-state index in [1.165, 1.54) is 0 Å². The zero-order chi connectivity index (χ0) is 17.1. The minimum Gasteiger partial charge on any atom is -0.316 e. The molecule has 1 aliphatic rings. The van der Waals surface area contributed by atoms with Gasteiger partial charge in [0.1, 0.15) is 0 Å². The van der Waals surface area contributed by atoms with E-state index in [4.69, 9.17) is 0 Å². The molecule has 0 bridgehead atoms. The third kappa shape index (κ3) is 3.51. The van der Waals surface area contributed by atoms with Crippen LogP contribution in [-0.2, 0) is 17.8 Å². The van der Waals surface area contributed by atoms with Gasteiger partial charge in [0.15, 0.2) is 0 Å². The lowest BCUT2D eigenvalue weighted by Crippen LogP contribution is -2.41. The number of hydrogen-bond donors (Lipinski definition) is 1. The summed E-state index contributed by atoms with van der Waals surface area (Å²) in [7, 11) is 0.891. The number of amides is 2. The third-order valence-corrected chi connectivity index (χ3v) is 5.34. The van der Waals surface area contributed by atoms with E-state index in [2.05, 4.69) is 10.4 Å². The van der Waals surface area contributed by atoms with Gasteiger partial charge in [-0.3, -0.25) is 8.89 Å². The van der Waals surface area contributed by atoms with E-state index in [1.54, 1.807) is 36.7 Å². The first-order valence-corrected chi connectivity index (χ1v) is 9.61. The Kier molecular flexibility index (Phi) is 4.99. The van der Waals surface area contributed by atoms with Gasteiger partial charge in [-0.25, -0.2) is 4.79 Å². The molecule has 2 aromatic rings. The number of likely N-dealkylation sites (tertiary alicyclic amines) is 1. The summed E-state index contributed by atoms with van der Waals surface area (Å²) in [5.41, 5.74) is 1.77. The third-order valence-electron chi connectivity index (χ3n) is 4.40. The largest absolute Gasteiger partial charge is 0.322 e. The highest BCUT2D eigenvalue weighted by Gasteiger charge is 2.29. The van der Waals surface area contributed by atoms with Gasteiger partial charge in [-0.1, -0.05) is 0 Å². The fraction of sp³-hybridized carbons (Fsp3) is 0.412. The van der Waals surface area contributed by atoms with Crippen molar-refractivity contribution in [3.8, 4) is 0 Å². The van der Waals surface area contributed by atoms with Gasteiger partial charge in [-0.2, -0.15) is 5.10 Å². The maximum Gasteiger partial charge on any atom is 0.322 e. The summed E-state index contributed by atoms with van der Waals surface area (Å²) in [5.74, 6) is 0. The van der Waals surface area contributed by atoms with E-state index in [0.717, 1.165) is 36.4 Å². The number of hydrogen-bond acceptors (Lipinski definition) is 3. The summed E-state index contributed by atoms with van der Waals surface area (Å²) in [5, 5.41) is 7.17. The SMILES string of the molecule is Cn1nccc1C1CCCCN1C(=O)Nc1ccc(S(C)=O)cc1. The van der Waals surface area contributed by atoms with Gasteiger partial charge in [0.2, 0.25) is 0 Å². The molecule has 2 unspecified atom stereocenters. The van der Waals surface area contributed by atoms with E-state index >= 15 is 0 Å². The van der Waals surface area contributed by atoms with Gasteiger partial charge in [0.05, 0.1) is 11.7 Å². The van der Waals surface area contributed by atoms with Crippen molar-refractivity contribution < 1.29 is 9.00 Å². The van der Waals surface area contributed by atoms with Gasteiger partial charge in [-0.05, 0) is 49.6 Å². The first-order chi connectivity index (χ1) is 11.6. The number of piperidine rings is 1. The molecule has 3 rings (SSSR count). The Hall–Kier alpha value is -2.15. The van der Waals surface area contributed by atoms with Gasteiger partial charge < -0.3 is 10.2 Å². The zero-order valence-electron chi connectivity index (χ0n) is 13.9. The average Bonchev–Trinajstić information content (AvgIpc) is 3.01. The van der Waals surface area contributed by atoms with Crippen LogP contribution in [0.5, 0.6) is 0 Å². The molecule has 1 fully saturated rings. The van der Waals surface area contributed by atoms with Crippen LogP contribution in [0, 0.1) is 0 Å². The van der Waals surface area contributed by atoms with Crippen LogP contribution in [0.2, 0.25) is 0 Å². The maximum atomic E-state index is 12.7. The Labute approximate surface area is 144 Å². The van der Waals surface area contributed by atoms with Crippen LogP contribution in [0.1, 0.15) is 31.0 Å². The second-order valence-electron chi connectivity index (χ2n) is 5.99. The minimum absolute atomic E-state index is 0.0497. The predicted molar refractivity (Wildman–Crippen MR) is 94.3 cm³/mol. The molecule has 0 radical (unpaired) electrons. The second-order valence-corrected chi connectivity index (χ2v) is 7.37. The van der Waals surface area contributed by atoms with Crippen molar-refractivity contribution in [3.63, 3.8) is 0 Å². The molecule has 2 heterocycles. The molecule has 2 atom stereocenters. The molecule has 0 spiro atoms. The molecule has 128 valence electrons. The van der Waals surface area contributed by atoms with Crippen LogP contribution in [0.15, 0.2) is 41.4 Å². The number of benzene rings is 1. The first-order valence-electron chi connectivity index (χ1n) is 8.05. The van der Waals surface area contributed by atoms with Gasteiger partial charge in [0.25, 0.3) is 0 Å². The van der Waals surface area contributed by atoms with Gasteiger partial charge in [-0.15, -0.1) is 0 Å². The summed E-state index contributed by atoms with van der Waals surface area (Å²) in [6.45, 7) is 0.735. The second kappa shape index (κ2) is 7.17. The Balaban J connectivity index is 1.74. The first kappa shape index (κ1) is 16.7. The van der Waals surface area contributed by atoms with Crippen LogP contribution >= 0.6 is 0 Å². The number of urea groups is 1. The molecule has 0 saturated carbocycles. The molecule has 6 nitrogen and oxygen atoms in total. The molecule has 0 aliphatic carbocycles. The van der Waals surface area contributed by atoms with E-state index in [-0.39, 0.29) is 12.1 Å². The Morgan fingerprint density at radius 1 is 1.25 bits per heavy atom. The lowest BCUT2D eigenvalue weighted by atomic mass is 9.99. The van der Waals surface area contributed by atoms with Crippen molar-refractivity contribution in [3.05, 3.63) is 42.2 Å². The van der Waals surface area contributed by atoms with E-state index in [0.29, 0.717) is 5.69 Å². The molecule has 1 saturated heterocycles. The van der Waals surface area contributed by atoms with Crippen molar-refractivity contribution in [2.75, 3.05) is 18.1 Å². The maximum absolute atomic E-state index is 12.7. The van der Waals surface area contributed by atoms with Crippen LogP contribution in [0.4, 0.5) is 10.5 Å². The Morgan fingerprint density at radius 3 is 2.62 bits per heavy atom. The van der Waals surface area contributed by atoms with Crippen LogP contribution in [-0.4, -0.2) is 37.7 Å². The van der Waals surface area contributed by atoms with Crippen molar-refractivity contribution in [1.82, 2.24) is 14.7 Å². The molecular formula is C17H22N4O2S. The number of nitrogens with zero attached hydrogens (tertiary/aromatic N) is 3. The molecule has 1 N–H and O–H groups in total. The fourth-order valence-electron chi connectivity index (χ4n) is 3.12. The van der Waals surface area contributed by atoms with E-state index in [9.17, 15) is 9.00 Å². The van der Waals surface area contributed by atoms with Crippen molar-refractivity contribution >= 4 is 22.5 Å². The van der Waals surface area contributed by atoms with Crippen LogP contribution < -0.4 is 5.32 Å². The van der Waals surface area contributed by atoms with Crippen molar-refractivity contribution in [1.29, 1.82) is 0 Å². The van der Waals surface area contributed by atoms with E-state index in [1.807, 2.05) is 22.7 Å². The van der Waals surface area contributed by atoms with Crippen molar-refractivity contribution in [2.45, 2.75) is 30.2 Å². The van der Waals surface area contributed by atoms with E-state index < -0.39 is 10.8 Å². The average molecular weight is 346 g/mol. The number of anilines is 1. The smallest absolute Gasteiger partial charge is 0.316 e. The van der Waals surface area contributed by atoms with Gasteiger partial charge in [0, 0.05) is 47.4 Å². The topological polar surface area (TPSA) is 67.2 Å². The van der Waals surface area contributed by atoms with Crippen molar-refractivity contribution in [2.24, 2.45) is 7.05 Å². The molecule has 7 heteroatoms. The highest BCUT2D eigenvalue weighted by molar-refractivity contribution is 7.84. The summed E-state index contributed by atoms with van der Waals surface area (Å²) in [6.07, 6.45) is 6.47. The molecular weight excluding hydrogens is 324 g/mol. The summed E-state index contributed by atoms with van der Waals surface area (Å²) >= 11 is 0. The number of rotatable bonds is 3. The molecule has 1 aromatic heterocycles. The summed E-state index contributed by atoms with van der Waals surface area (Å²) in [4.78, 5) is 15.4. The Bertz CT molecular complexity index is 741. The quantitative estimate of drug-likeness (QED) is 0.929. The Morgan fingerprint density at radius 2 is 2.00 bits per heavy atom. The number of aromatic nitrogens is 2. The number of carbonyl (C=O) groups is 1. The predicted octanol–water partition coefficient (Wildman–Crippen LogP) is 2.92. The number of aryl methyl sites for hydroxylation is 1. The van der Waals surface area contributed by atoms with Gasteiger partial charge >= 0.3 is 6.03 Å². The van der Waals surface area contributed by atoms with Crippen LogP contribution in [0.3, 0.4) is 0 Å². The fourth-order valence-corrected chi connectivity index (χ4v) is 3.64. The highest BCUT2D eigenvalue weighted by atomic mass is 32.2. The zero-order valence-corrected chi connectivity index (χ0v) is 14.8. The molecule has 1 aliphatic heterocycles. The summed E-state index contributed by atoms with van der Waals surface area (Å²) < 4.78 is 13.3. The molecule has 24 heavy (non-hydrogen) atoms. The minimum atomic E-state index is -1.02. The number of carbonyl (C=O) groups excluding carboxylic acids is 1. The molecule has 2 amide bonds. The van der Waals surface area contributed by atoms with Crippen LogP contribution in [0.25, 0.3) is 0 Å². The lowest BCUT2D eigenvalue weighted by Gasteiger charge is -2.35. The summed E-state index contributed by atoms with van der Waals surface area (Å²) in [6, 6.07) is 9.05. The lowest BCUT2D eigenvalue weighted by molar-refractivity contribution is 0.159. The number of nitrogens with one attached hydrogen (secondary N) is 1. The molecule has 1 aromatic carbocycles.